The first kappa shape index (κ1) is 13.1. The number of aryl methyl sites for hydroxylation is 1. The number of hydrogen-bond acceptors (Lipinski definition) is 3. The summed E-state index contributed by atoms with van der Waals surface area (Å²) in [7, 11) is 0. The van der Waals surface area contributed by atoms with Crippen LogP contribution in [0, 0.1) is 12.7 Å². The Morgan fingerprint density at radius 2 is 2.15 bits per heavy atom. The van der Waals surface area contributed by atoms with Crippen LogP contribution in [0.4, 0.5) is 4.39 Å². The predicted octanol–water partition coefficient (Wildman–Crippen LogP) is 3.57. The van der Waals surface area contributed by atoms with E-state index in [0.29, 0.717) is 24.0 Å². The summed E-state index contributed by atoms with van der Waals surface area (Å²) < 4.78 is 19.6. The molecule has 104 valence electrons. The van der Waals surface area contributed by atoms with Gasteiger partial charge in [0.25, 0.3) is 0 Å². The minimum absolute atomic E-state index is 0.219. The van der Waals surface area contributed by atoms with Crippen molar-refractivity contribution < 1.29 is 9.13 Å². The van der Waals surface area contributed by atoms with E-state index in [-0.39, 0.29) is 11.6 Å². The zero-order chi connectivity index (χ0) is 13.9. The van der Waals surface area contributed by atoms with E-state index in [2.05, 4.69) is 10.3 Å². The second kappa shape index (κ2) is 5.59. The van der Waals surface area contributed by atoms with Gasteiger partial charge in [-0.1, -0.05) is 18.2 Å². The molecule has 1 aromatic heterocycles. The number of ether oxygens (including phenoxy) is 1. The summed E-state index contributed by atoms with van der Waals surface area (Å²) in [6.45, 7) is 2.41. The van der Waals surface area contributed by atoms with E-state index in [1.807, 2.05) is 12.1 Å². The first-order valence-corrected chi connectivity index (χ1v) is 6.84. The molecule has 1 heterocycles. The molecular weight excluding hydrogens is 255 g/mol. The molecule has 0 amide bonds. The Labute approximate surface area is 117 Å². The number of aromatic nitrogens is 1. The number of halogens is 1. The first-order valence-electron chi connectivity index (χ1n) is 6.84. The largest absolute Gasteiger partial charge is 0.436 e. The molecule has 1 aliphatic carbocycles. The molecule has 0 radical (unpaired) electrons. The fourth-order valence-corrected chi connectivity index (χ4v) is 2.00. The number of rotatable bonds is 5. The van der Waals surface area contributed by atoms with E-state index in [4.69, 9.17) is 4.74 Å². The second-order valence-electron chi connectivity index (χ2n) is 5.11. The summed E-state index contributed by atoms with van der Waals surface area (Å²) in [6, 6.07) is 9.54. The Morgan fingerprint density at radius 3 is 2.95 bits per heavy atom. The number of benzene rings is 1. The molecule has 0 spiro atoms. The molecule has 20 heavy (non-hydrogen) atoms. The lowest BCUT2D eigenvalue weighted by Gasteiger charge is -2.11. The molecule has 0 saturated heterocycles. The van der Waals surface area contributed by atoms with Gasteiger partial charge in [-0.3, -0.25) is 0 Å². The van der Waals surface area contributed by atoms with Gasteiger partial charge in [-0.15, -0.1) is 0 Å². The number of nitrogens with zero attached hydrogens (tertiary/aromatic N) is 1. The van der Waals surface area contributed by atoms with E-state index < -0.39 is 0 Å². The average molecular weight is 272 g/mol. The van der Waals surface area contributed by atoms with Crippen LogP contribution in [0.1, 0.15) is 24.0 Å². The van der Waals surface area contributed by atoms with Crippen LogP contribution in [-0.4, -0.2) is 11.0 Å². The molecule has 3 nitrogen and oxygen atoms in total. The van der Waals surface area contributed by atoms with E-state index >= 15 is 0 Å². The molecular formula is C16H17FN2O. The topological polar surface area (TPSA) is 34.1 Å². The van der Waals surface area contributed by atoms with Crippen molar-refractivity contribution in [2.45, 2.75) is 32.4 Å². The fraction of sp³-hybridized carbons (Fsp3) is 0.312. The summed E-state index contributed by atoms with van der Waals surface area (Å²) in [5.74, 6) is 0.348. The molecule has 0 bridgehead atoms. The molecule has 0 aliphatic heterocycles. The van der Waals surface area contributed by atoms with Crippen molar-refractivity contribution in [1.29, 1.82) is 0 Å². The fourth-order valence-electron chi connectivity index (χ4n) is 2.00. The van der Waals surface area contributed by atoms with Gasteiger partial charge >= 0.3 is 0 Å². The first-order chi connectivity index (χ1) is 9.74. The Morgan fingerprint density at radius 1 is 1.30 bits per heavy atom. The van der Waals surface area contributed by atoms with Gasteiger partial charge in [0.05, 0.1) is 0 Å². The molecule has 2 aromatic rings. The maximum atomic E-state index is 14.0. The monoisotopic (exact) mass is 272 g/mol. The third-order valence-electron chi connectivity index (χ3n) is 3.37. The van der Waals surface area contributed by atoms with E-state index in [9.17, 15) is 4.39 Å². The second-order valence-corrected chi connectivity index (χ2v) is 5.11. The Kier molecular flexibility index (Phi) is 3.65. The summed E-state index contributed by atoms with van der Waals surface area (Å²) >= 11 is 0. The minimum Gasteiger partial charge on any atom is -0.436 e. The molecule has 3 rings (SSSR count). The average Bonchev–Trinajstić information content (AvgIpc) is 3.27. The number of hydrogen-bond donors (Lipinski definition) is 1. The summed E-state index contributed by atoms with van der Waals surface area (Å²) in [5, 5.41) is 3.41. The molecule has 0 unspecified atom stereocenters. The van der Waals surface area contributed by atoms with Gasteiger partial charge in [0.15, 0.2) is 11.6 Å². The van der Waals surface area contributed by atoms with E-state index in [0.717, 1.165) is 5.56 Å². The maximum absolute atomic E-state index is 14.0. The quantitative estimate of drug-likeness (QED) is 0.903. The third-order valence-corrected chi connectivity index (χ3v) is 3.37. The van der Waals surface area contributed by atoms with Gasteiger partial charge < -0.3 is 10.1 Å². The highest BCUT2D eigenvalue weighted by molar-refractivity contribution is 5.35. The van der Waals surface area contributed by atoms with Gasteiger partial charge in [0.1, 0.15) is 0 Å². The highest BCUT2D eigenvalue weighted by Crippen LogP contribution is 2.27. The van der Waals surface area contributed by atoms with Crippen molar-refractivity contribution in [2.75, 3.05) is 0 Å². The lowest BCUT2D eigenvalue weighted by molar-refractivity contribution is 0.418. The van der Waals surface area contributed by atoms with Gasteiger partial charge in [-0.2, -0.15) is 0 Å². The lowest BCUT2D eigenvalue weighted by atomic mass is 10.2. The molecule has 1 fully saturated rings. The van der Waals surface area contributed by atoms with Crippen molar-refractivity contribution in [3.8, 4) is 11.6 Å². The smallest absolute Gasteiger partial charge is 0.223 e. The standard InChI is InChI=1S/C16H17FN2O/c1-11-4-2-6-14(15(11)17)20-16-12(5-3-9-18-16)10-19-13-7-8-13/h2-6,9,13,19H,7-8,10H2,1H3. The van der Waals surface area contributed by atoms with Gasteiger partial charge in [-0.25, -0.2) is 9.37 Å². The predicted molar refractivity (Wildman–Crippen MR) is 75.3 cm³/mol. The number of pyridine rings is 1. The molecule has 1 aliphatic rings. The van der Waals surface area contributed by atoms with Crippen molar-refractivity contribution in [3.63, 3.8) is 0 Å². The van der Waals surface area contributed by atoms with E-state index in [1.165, 1.54) is 12.8 Å². The van der Waals surface area contributed by atoms with Crippen LogP contribution in [0.3, 0.4) is 0 Å². The van der Waals surface area contributed by atoms with Crippen LogP contribution < -0.4 is 10.1 Å². The molecule has 0 atom stereocenters. The van der Waals surface area contributed by atoms with Crippen molar-refractivity contribution >= 4 is 0 Å². The SMILES string of the molecule is Cc1cccc(Oc2ncccc2CNC2CC2)c1F. The van der Waals surface area contributed by atoms with Crippen molar-refractivity contribution in [3.05, 3.63) is 53.5 Å². The van der Waals surface area contributed by atoms with Crippen LogP contribution in [-0.2, 0) is 6.54 Å². The Hall–Kier alpha value is -1.94. The zero-order valence-corrected chi connectivity index (χ0v) is 11.4. The maximum Gasteiger partial charge on any atom is 0.223 e. The lowest BCUT2D eigenvalue weighted by Crippen LogP contribution is -2.16. The summed E-state index contributed by atoms with van der Waals surface area (Å²) in [6.07, 6.45) is 4.11. The normalized spacial score (nSPS) is 14.3. The van der Waals surface area contributed by atoms with E-state index in [1.54, 1.807) is 31.3 Å². The Balaban J connectivity index is 1.80. The number of nitrogens with one attached hydrogen (secondary N) is 1. The van der Waals surface area contributed by atoms with Crippen LogP contribution in [0.2, 0.25) is 0 Å². The molecule has 4 heteroatoms. The third kappa shape index (κ3) is 2.96. The summed E-state index contributed by atoms with van der Waals surface area (Å²) in [5.41, 5.74) is 1.51. The van der Waals surface area contributed by atoms with Crippen molar-refractivity contribution in [1.82, 2.24) is 10.3 Å². The zero-order valence-electron chi connectivity index (χ0n) is 11.4. The van der Waals surface area contributed by atoms with Gasteiger partial charge in [0, 0.05) is 24.3 Å². The van der Waals surface area contributed by atoms with Crippen LogP contribution >= 0.6 is 0 Å². The van der Waals surface area contributed by atoms with Crippen molar-refractivity contribution in [2.24, 2.45) is 0 Å². The minimum atomic E-state index is -0.334. The summed E-state index contributed by atoms with van der Waals surface area (Å²) in [4.78, 5) is 4.21. The van der Waals surface area contributed by atoms with Gasteiger partial charge in [0.2, 0.25) is 5.88 Å². The van der Waals surface area contributed by atoms with Crippen LogP contribution in [0.25, 0.3) is 0 Å². The molecule has 1 saturated carbocycles. The van der Waals surface area contributed by atoms with Crippen LogP contribution in [0.15, 0.2) is 36.5 Å². The highest BCUT2D eigenvalue weighted by atomic mass is 19.1. The molecule has 1 N–H and O–H groups in total. The molecule has 1 aromatic carbocycles. The van der Waals surface area contributed by atoms with Crippen LogP contribution in [0.5, 0.6) is 11.6 Å². The highest BCUT2D eigenvalue weighted by Gasteiger charge is 2.21. The Bertz CT molecular complexity index is 611. The van der Waals surface area contributed by atoms with Gasteiger partial charge in [-0.05, 0) is 37.5 Å².